The standard InChI is InChI=1S/C15H27N2O/c1-5-6-7-8-13-18-14(2)17-11-9-15(10-12-17)16(3)4/h9-12,14H,5-8,13H2,1-4H3/q+1. The highest BCUT2D eigenvalue weighted by Gasteiger charge is 2.11. The largest absolute Gasteiger partial charge is 0.377 e. The number of hydrogen-bond acceptors (Lipinski definition) is 2. The fourth-order valence-corrected chi connectivity index (χ4v) is 1.84. The maximum absolute atomic E-state index is 5.82. The molecule has 0 N–H and O–H groups in total. The first-order valence-electron chi connectivity index (χ1n) is 6.95. The van der Waals surface area contributed by atoms with Crippen molar-refractivity contribution >= 4 is 5.69 Å². The zero-order valence-electron chi connectivity index (χ0n) is 12.2. The van der Waals surface area contributed by atoms with Crippen LogP contribution in [-0.2, 0) is 4.74 Å². The van der Waals surface area contributed by atoms with Gasteiger partial charge in [-0.2, -0.15) is 4.57 Å². The van der Waals surface area contributed by atoms with Crippen LogP contribution in [0.2, 0.25) is 0 Å². The van der Waals surface area contributed by atoms with Crippen LogP contribution in [0.3, 0.4) is 0 Å². The molecule has 1 heterocycles. The maximum atomic E-state index is 5.82. The van der Waals surface area contributed by atoms with Crippen molar-refractivity contribution in [3.63, 3.8) is 0 Å². The van der Waals surface area contributed by atoms with E-state index in [0.717, 1.165) is 13.0 Å². The molecular weight excluding hydrogens is 224 g/mol. The minimum absolute atomic E-state index is 0.114. The predicted molar refractivity (Wildman–Crippen MR) is 75.8 cm³/mol. The van der Waals surface area contributed by atoms with Gasteiger partial charge >= 0.3 is 0 Å². The second-order valence-electron chi connectivity index (χ2n) is 4.93. The Morgan fingerprint density at radius 2 is 1.83 bits per heavy atom. The van der Waals surface area contributed by atoms with Crippen LogP contribution in [0.5, 0.6) is 0 Å². The Morgan fingerprint density at radius 3 is 2.39 bits per heavy atom. The van der Waals surface area contributed by atoms with E-state index >= 15 is 0 Å². The van der Waals surface area contributed by atoms with E-state index in [1.165, 1.54) is 24.9 Å². The SMILES string of the molecule is CCCCCCOC(C)[n+]1ccc(N(C)C)cc1. The summed E-state index contributed by atoms with van der Waals surface area (Å²) in [6, 6.07) is 4.22. The molecule has 1 unspecified atom stereocenters. The summed E-state index contributed by atoms with van der Waals surface area (Å²) in [5, 5.41) is 0. The summed E-state index contributed by atoms with van der Waals surface area (Å²) in [5.41, 5.74) is 1.21. The molecule has 0 aliphatic heterocycles. The zero-order valence-corrected chi connectivity index (χ0v) is 12.2. The normalized spacial score (nSPS) is 12.4. The van der Waals surface area contributed by atoms with Crippen molar-refractivity contribution in [2.75, 3.05) is 25.6 Å². The van der Waals surface area contributed by atoms with Crippen LogP contribution >= 0.6 is 0 Å². The van der Waals surface area contributed by atoms with E-state index in [4.69, 9.17) is 4.74 Å². The first kappa shape index (κ1) is 15.0. The molecule has 0 aliphatic carbocycles. The lowest BCUT2D eigenvalue weighted by atomic mass is 10.2. The van der Waals surface area contributed by atoms with Gasteiger partial charge in [-0.1, -0.05) is 26.2 Å². The van der Waals surface area contributed by atoms with Crippen LogP contribution in [0.1, 0.15) is 45.8 Å². The van der Waals surface area contributed by atoms with Crippen molar-refractivity contribution in [1.82, 2.24) is 0 Å². The molecule has 0 radical (unpaired) electrons. The molecule has 0 saturated carbocycles. The van der Waals surface area contributed by atoms with Gasteiger partial charge in [-0.15, -0.1) is 0 Å². The Hall–Kier alpha value is -1.09. The molecule has 102 valence electrons. The van der Waals surface area contributed by atoms with Gasteiger partial charge in [0.2, 0.25) is 0 Å². The Labute approximate surface area is 111 Å². The summed E-state index contributed by atoms with van der Waals surface area (Å²) in [5.74, 6) is 0. The highest BCUT2D eigenvalue weighted by molar-refractivity contribution is 5.41. The Balaban J connectivity index is 2.34. The summed E-state index contributed by atoms with van der Waals surface area (Å²) in [6.45, 7) is 5.17. The molecule has 0 amide bonds. The number of nitrogens with zero attached hydrogens (tertiary/aromatic N) is 2. The van der Waals surface area contributed by atoms with Gasteiger partial charge in [-0.05, 0) is 6.42 Å². The monoisotopic (exact) mass is 251 g/mol. The third-order valence-corrected chi connectivity index (χ3v) is 3.13. The van der Waals surface area contributed by atoms with Gasteiger partial charge in [0.25, 0.3) is 6.23 Å². The lowest BCUT2D eigenvalue weighted by molar-refractivity contribution is -0.758. The smallest absolute Gasteiger partial charge is 0.259 e. The predicted octanol–water partition coefficient (Wildman–Crippen LogP) is 3.16. The summed E-state index contributed by atoms with van der Waals surface area (Å²) >= 11 is 0. The number of pyridine rings is 1. The lowest BCUT2D eigenvalue weighted by Crippen LogP contribution is -2.38. The number of unbranched alkanes of at least 4 members (excludes halogenated alkanes) is 3. The number of hydrogen-bond donors (Lipinski definition) is 0. The van der Waals surface area contributed by atoms with Crippen molar-refractivity contribution in [2.24, 2.45) is 0 Å². The Morgan fingerprint density at radius 1 is 1.17 bits per heavy atom. The highest BCUT2D eigenvalue weighted by atomic mass is 16.5. The van der Waals surface area contributed by atoms with Gasteiger partial charge in [-0.3, -0.25) is 0 Å². The third kappa shape index (κ3) is 5.05. The van der Waals surface area contributed by atoms with Crippen LogP contribution in [0.4, 0.5) is 5.69 Å². The summed E-state index contributed by atoms with van der Waals surface area (Å²) in [7, 11) is 4.10. The van der Waals surface area contributed by atoms with E-state index in [1.807, 2.05) is 14.1 Å². The van der Waals surface area contributed by atoms with Crippen LogP contribution in [-0.4, -0.2) is 20.7 Å². The molecular formula is C15H27N2O+. The lowest BCUT2D eigenvalue weighted by Gasteiger charge is -2.12. The van der Waals surface area contributed by atoms with Gasteiger partial charge < -0.3 is 9.64 Å². The number of aromatic nitrogens is 1. The van der Waals surface area contributed by atoms with Crippen LogP contribution in [0.15, 0.2) is 24.5 Å². The molecule has 1 rings (SSSR count). The molecule has 0 aliphatic rings. The molecule has 1 atom stereocenters. The van der Waals surface area contributed by atoms with Crippen molar-refractivity contribution in [2.45, 2.75) is 45.8 Å². The van der Waals surface area contributed by atoms with E-state index in [0.29, 0.717) is 0 Å². The molecule has 0 saturated heterocycles. The molecule has 18 heavy (non-hydrogen) atoms. The van der Waals surface area contributed by atoms with Crippen molar-refractivity contribution in [3.8, 4) is 0 Å². The third-order valence-electron chi connectivity index (χ3n) is 3.13. The van der Waals surface area contributed by atoms with Gasteiger partial charge in [-0.25, -0.2) is 0 Å². The van der Waals surface area contributed by atoms with E-state index in [2.05, 4.69) is 47.8 Å². The van der Waals surface area contributed by atoms with Crippen LogP contribution < -0.4 is 9.47 Å². The minimum atomic E-state index is 0.114. The number of ether oxygens (including phenoxy) is 1. The summed E-state index contributed by atoms with van der Waals surface area (Å²) in [6.07, 6.45) is 9.28. The first-order valence-corrected chi connectivity index (χ1v) is 6.95. The molecule has 1 aromatic rings. The van der Waals surface area contributed by atoms with Crippen LogP contribution in [0.25, 0.3) is 0 Å². The molecule has 0 spiro atoms. The summed E-state index contributed by atoms with van der Waals surface area (Å²) in [4.78, 5) is 2.10. The van der Waals surface area contributed by atoms with E-state index in [1.54, 1.807) is 0 Å². The second kappa shape index (κ2) is 8.09. The fourth-order valence-electron chi connectivity index (χ4n) is 1.84. The summed E-state index contributed by atoms with van der Waals surface area (Å²) < 4.78 is 7.93. The van der Waals surface area contributed by atoms with E-state index < -0.39 is 0 Å². The molecule has 3 nitrogen and oxygen atoms in total. The van der Waals surface area contributed by atoms with Crippen molar-refractivity contribution in [3.05, 3.63) is 24.5 Å². The van der Waals surface area contributed by atoms with Gasteiger partial charge in [0.05, 0.1) is 6.61 Å². The van der Waals surface area contributed by atoms with Crippen molar-refractivity contribution in [1.29, 1.82) is 0 Å². The highest BCUT2D eigenvalue weighted by Crippen LogP contribution is 2.08. The molecule has 0 fully saturated rings. The van der Waals surface area contributed by atoms with Crippen molar-refractivity contribution < 1.29 is 9.30 Å². The Kier molecular flexibility index (Phi) is 6.73. The number of anilines is 1. The minimum Gasteiger partial charge on any atom is -0.377 e. The molecule has 0 bridgehead atoms. The van der Waals surface area contributed by atoms with Crippen LogP contribution in [0, 0.1) is 0 Å². The van der Waals surface area contributed by atoms with E-state index in [9.17, 15) is 0 Å². The van der Waals surface area contributed by atoms with Gasteiger partial charge in [0.15, 0.2) is 12.4 Å². The average molecular weight is 251 g/mol. The molecule has 0 aromatic carbocycles. The fraction of sp³-hybridized carbons (Fsp3) is 0.667. The van der Waals surface area contributed by atoms with E-state index in [-0.39, 0.29) is 6.23 Å². The van der Waals surface area contributed by atoms with Gasteiger partial charge in [0.1, 0.15) is 0 Å². The second-order valence-corrected chi connectivity index (χ2v) is 4.93. The van der Waals surface area contributed by atoms with Gasteiger partial charge in [0, 0.05) is 38.8 Å². The molecule has 1 aromatic heterocycles. The Bertz CT molecular complexity index is 322. The topological polar surface area (TPSA) is 16.4 Å². The average Bonchev–Trinajstić information content (AvgIpc) is 2.38. The first-order chi connectivity index (χ1) is 8.65. The quantitative estimate of drug-likeness (QED) is 0.521. The maximum Gasteiger partial charge on any atom is 0.259 e. The molecule has 3 heteroatoms. The zero-order chi connectivity index (χ0) is 13.4. The number of rotatable bonds is 8.